The molecule has 0 fully saturated rings. The first-order valence-corrected chi connectivity index (χ1v) is 9.88. The normalized spacial score (nSPS) is 12.8. The lowest BCUT2D eigenvalue weighted by Crippen LogP contribution is -2.40. The third kappa shape index (κ3) is 7.28. The SMILES string of the molecule is COc1ccc(/C=C/C(=O)O[C@@H](C)C(=O)N[C@H](C)CCc2ccccc2)cc1OC. The molecule has 2 aromatic rings. The molecule has 0 aromatic heterocycles. The van der Waals surface area contributed by atoms with Crippen molar-refractivity contribution in [1.29, 1.82) is 0 Å². The van der Waals surface area contributed by atoms with Gasteiger partial charge in [0.2, 0.25) is 0 Å². The molecule has 1 N–H and O–H groups in total. The maximum absolute atomic E-state index is 12.3. The molecule has 0 saturated carbocycles. The predicted molar refractivity (Wildman–Crippen MR) is 117 cm³/mol. The Morgan fingerprint density at radius 1 is 1.00 bits per heavy atom. The Labute approximate surface area is 177 Å². The molecule has 160 valence electrons. The fourth-order valence-electron chi connectivity index (χ4n) is 2.85. The van der Waals surface area contributed by atoms with Gasteiger partial charge >= 0.3 is 5.97 Å². The monoisotopic (exact) mass is 411 g/mol. The van der Waals surface area contributed by atoms with Gasteiger partial charge in [-0.25, -0.2) is 4.79 Å². The summed E-state index contributed by atoms with van der Waals surface area (Å²) in [5, 5.41) is 2.89. The minimum atomic E-state index is -0.883. The molecule has 0 unspecified atom stereocenters. The molecular formula is C24H29NO5. The number of methoxy groups -OCH3 is 2. The van der Waals surface area contributed by atoms with E-state index >= 15 is 0 Å². The van der Waals surface area contributed by atoms with E-state index in [-0.39, 0.29) is 11.9 Å². The average molecular weight is 411 g/mol. The third-order valence-corrected chi connectivity index (χ3v) is 4.58. The number of esters is 1. The summed E-state index contributed by atoms with van der Waals surface area (Å²) in [6.45, 7) is 3.49. The molecule has 30 heavy (non-hydrogen) atoms. The number of benzene rings is 2. The summed E-state index contributed by atoms with van der Waals surface area (Å²) >= 11 is 0. The molecule has 6 nitrogen and oxygen atoms in total. The summed E-state index contributed by atoms with van der Waals surface area (Å²) < 4.78 is 15.6. The number of carbonyl (C=O) groups excluding carboxylic acids is 2. The van der Waals surface area contributed by atoms with E-state index in [1.165, 1.54) is 11.6 Å². The molecule has 0 heterocycles. The number of amides is 1. The molecule has 0 spiro atoms. The van der Waals surface area contributed by atoms with Gasteiger partial charge < -0.3 is 19.5 Å². The summed E-state index contributed by atoms with van der Waals surface area (Å²) in [5.41, 5.74) is 1.97. The molecule has 0 bridgehead atoms. The molecule has 0 aliphatic heterocycles. The Bertz CT molecular complexity index is 863. The lowest BCUT2D eigenvalue weighted by Gasteiger charge is -2.17. The molecule has 1 amide bonds. The maximum atomic E-state index is 12.3. The van der Waals surface area contributed by atoms with Crippen molar-refractivity contribution in [3.05, 3.63) is 65.7 Å². The Hall–Kier alpha value is -3.28. The van der Waals surface area contributed by atoms with Gasteiger partial charge in [0.15, 0.2) is 17.6 Å². The van der Waals surface area contributed by atoms with E-state index in [0.29, 0.717) is 11.5 Å². The topological polar surface area (TPSA) is 73.9 Å². The Morgan fingerprint density at radius 2 is 1.70 bits per heavy atom. The van der Waals surface area contributed by atoms with Crippen molar-refractivity contribution in [2.24, 2.45) is 0 Å². The zero-order valence-electron chi connectivity index (χ0n) is 17.9. The second kappa shape index (κ2) is 11.7. The van der Waals surface area contributed by atoms with E-state index in [1.807, 2.05) is 25.1 Å². The molecular weight excluding hydrogens is 382 g/mol. The number of carbonyl (C=O) groups is 2. The maximum Gasteiger partial charge on any atom is 0.331 e. The van der Waals surface area contributed by atoms with Gasteiger partial charge in [-0.2, -0.15) is 0 Å². The third-order valence-electron chi connectivity index (χ3n) is 4.58. The van der Waals surface area contributed by atoms with Crippen LogP contribution in [0.1, 0.15) is 31.4 Å². The molecule has 6 heteroatoms. The van der Waals surface area contributed by atoms with Gasteiger partial charge in [-0.05, 0) is 56.0 Å². The van der Waals surface area contributed by atoms with E-state index in [4.69, 9.17) is 14.2 Å². The van der Waals surface area contributed by atoms with Crippen LogP contribution in [0, 0.1) is 0 Å². The number of hydrogen-bond acceptors (Lipinski definition) is 5. The predicted octanol–water partition coefficient (Wildman–Crippen LogP) is 3.79. The van der Waals surface area contributed by atoms with E-state index in [0.717, 1.165) is 18.4 Å². The van der Waals surface area contributed by atoms with E-state index in [9.17, 15) is 9.59 Å². The molecule has 0 aliphatic rings. The zero-order chi connectivity index (χ0) is 21.9. The van der Waals surface area contributed by atoms with Crippen molar-refractivity contribution in [3.63, 3.8) is 0 Å². The first-order chi connectivity index (χ1) is 14.4. The van der Waals surface area contributed by atoms with Crippen LogP contribution in [0.3, 0.4) is 0 Å². The van der Waals surface area contributed by atoms with Crippen LogP contribution < -0.4 is 14.8 Å². The lowest BCUT2D eigenvalue weighted by molar-refractivity contribution is -0.150. The van der Waals surface area contributed by atoms with Gasteiger partial charge in [-0.15, -0.1) is 0 Å². The van der Waals surface area contributed by atoms with Crippen molar-refractivity contribution in [2.45, 2.75) is 38.8 Å². The van der Waals surface area contributed by atoms with Crippen LogP contribution in [0.5, 0.6) is 11.5 Å². The van der Waals surface area contributed by atoms with E-state index in [1.54, 1.807) is 45.4 Å². The Kier molecular flexibility index (Phi) is 8.94. The zero-order valence-corrected chi connectivity index (χ0v) is 17.9. The Balaban J connectivity index is 1.81. The fraction of sp³-hybridized carbons (Fsp3) is 0.333. The van der Waals surface area contributed by atoms with Gasteiger partial charge in [0.05, 0.1) is 14.2 Å². The van der Waals surface area contributed by atoms with Crippen LogP contribution in [0.2, 0.25) is 0 Å². The first-order valence-electron chi connectivity index (χ1n) is 9.88. The average Bonchev–Trinajstić information content (AvgIpc) is 2.76. The molecule has 2 rings (SSSR count). The fourth-order valence-corrected chi connectivity index (χ4v) is 2.85. The van der Waals surface area contributed by atoms with Gasteiger partial charge in [0, 0.05) is 12.1 Å². The smallest absolute Gasteiger partial charge is 0.331 e. The van der Waals surface area contributed by atoms with Crippen LogP contribution in [-0.2, 0) is 20.7 Å². The standard InChI is InChI=1S/C24H29NO5/c1-17(10-11-19-8-6-5-7-9-19)25-24(27)18(2)30-23(26)15-13-20-12-14-21(28-3)22(16-20)29-4/h5-9,12-18H,10-11H2,1-4H3,(H,25,27)/b15-13+/t17-,18+/m1/s1. The highest BCUT2D eigenvalue weighted by atomic mass is 16.5. The molecule has 2 aromatic carbocycles. The number of aryl methyl sites for hydroxylation is 1. The number of rotatable bonds is 10. The summed E-state index contributed by atoms with van der Waals surface area (Å²) in [6.07, 6.45) is 3.66. The second-order valence-corrected chi connectivity index (χ2v) is 6.96. The van der Waals surface area contributed by atoms with Crippen LogP contribution in [0.15, 0.2) is 54.6 Å². The number of ether oxygens (including phenoxy) is 3. The van der Waals surface area contributed by atoms with Crippen LogP contribution in [-0.4, -0.2) is 38.2 Å². The molecule has 2 atom stereocenters. The minimum Gasteiger partial charge on any atom is -0.493 e. The van der Waals surface area contributed by atoms with Crippen molar-refractivity contribution >= 4 is 18.0 Å². The molecule has 0 aliphatic carbocycles. The highest BCUT2D eigenvalue weighted by molar-refractivity contribution is 5.90. The largest absolute Gasteiger partial charge is 0.493 e. The van der Waals surface area contributed by atoms with Crippen LogP contribution in [0.4, 0.5) is 0 Å². The minimum absolute atomic E-state index is 0.0267. The van der Waals surface area contributed by atoms with E-state index in [2.05, 4.69) is 17.4 Å². The highest BCUT2D eigenvalue weighted by Crippen LogP contribution is 2.27. The van der Waals surface area contributed by atoms with Gasteiger partial charge in [-0.3, -0.25) is 4.79 Å². The second-order valence-electron chi connectivity index (χ2n) is 6.96. The van der Waals surface area contributed by atoms with Gasteiger partial charge in [0.25, 0.3) is 5.91 Å². The summed E-state index contributed by atoms with van der Waals surface area (Å²) in [4.78, 5) is 24.3. The summed E-state index contributed by atoms with van der Waals surface area (Å²) in [6, 6.07) is 15.3. The number of nitrogens with one attached hydrogen (secondary N) is 1. The van der Waals surface area contributed by atoms with Crippen molar-refractivity contribution in [3.8, 4) is 11.5 Å². The van der Waals surface area contributed by atoms with Crippen molar-refractivity contribution in [1.82, 2.24) is 5.32 Å². The molecule has 0 radical (unpaired) electrons. The molecule has 0 saturated heterocycles. The highest BCUT2D eigenvalue weighted by Gasteiger charge is 2.18. The Morgan fingerprint density at radius 3 is 2.37 bits per heavy atom. The summed E-state index contributed by atoms with van der Waals surface area (Å²) in [7, 11) is 3.10. The van der Waals surface area contributed by atoms with E-state index < -0.39 is 12.1 Å². The van der Waals surface area contributed by atoms with Gasteiger partial charge in [-0.1, -0.05) is 36.4 Å². The van der Waals surface area contributed by atoms with Crippen LogP contribution >= 0.6 is 0 Å². The van der Waals surface area contributed by atoms with Crippen molar-refractivity contribution in [2.75, 3.05) is 14.2 Å². The van der Waals surface area contributed by atoms with Gasteiger partial charge in [0.1, 0.15) is 0 Å². The summed E-state index contributed by atoms with van der Waals surface area (Å²) in [5.74, 6) is 0.252. The van der Waals surface area contributed by atoms with Crippen molar-refractivity contribution < 1.29 is 23.8 Å². The van der Waals surface area contributed by atoms with Crippen LogP contribution in [0.25, 0.3) is 6.08 Å². The quantitative estimate of drug-likeness (QED) is 0.476. The number of hydrogen-bond donors (Lipinski definition) is 1. The first kappa shape index (κ1) is 23.0. The lowest BCUT2D eigenvalue weighted by atomic mass is 10.1.